The first-order valence-electron chi connectivity index (χ1n) is 6.37. The smallest absolute Gasteiger partial charge is 0.119 e. The maximum absolute atomic E-state index is 5.83. The molecular weight excluding hydrogens is 244 g/mol. The molecular formula is C14H20N2OS. The van der Waals surface area contributed by atoms with E-state index in [9.17, 15) is 0 Å². The number of nitrogens with two attached hydrogens (primary N) is 1. The zero-order chi connectivity index (χ0) is 13.0. The number of benzene rings is 1. The highest BCUT2D eigenvalue weighted by Crippen LogP contribution is 2.21. The molecule has 1 fully saturated rings. The quantitative estimate of drug-likeness (QED) is 0.847. The summed E-state index contributed by atoms with van der Waals surface area (Å²) in [6.07, 6.45) is 3.53. The number of methoxy groups -OCH3 is 1. The molecule has 4 heteroatoms. The highest BCUT2D eigenvalue weighted by molar-refractivity contribution is 7.80. The lowest BCUT2D eigenvalue weighted by Gasteiger charge is -2.35. The van der Waals surface area contributed by atoms with Crippen molar-refractivity contribution in [1.82, 2.24) is 4.90 Å². The van der Waals surface area contributed by atoms with Gasteiger partial charge in [0.1, 0.15) is 5.75 Å². The monoisotopic (exact) mass is 264 g/mol. The molecule has 1 aromatic carbocycles. The molecule has 3 nitrogen and oxygen atoms in total. The van der Waals surface area contributed by atoms with Gasteiger partial charge in [0.2, 0.25) is 0 Å². The number of hydrogen-bond acceptors (Lipinski definition) is 3. The van der Waals surface area contributed by atoms with Crippen LogP contribution in [0.25, 0.3) is 0 Å². The van der Waals surface area contributed by atoms with E-state index in [2.05, 4.69) is 17.0 Å². The van der Waals surface area contributed by atoms with E-state index in [4.69, 9.17) is 22.7 Å². The zero-order valence-corrected chi connectivity index (χ0v) is 11.6. The third kappa shape index (κ3) is 3.21. The summed E-state index contributed by atoms with van der Waals surface area (Å²) in [5.74, 6) is 0.899. The molecule has 0 saturated carbocycles. The number of ether oxygens (including phenoxy) is 1. The summed E-state index contributed by atoms with van der Waals surface area (Å²) in [4.78, 5) is 3.00. The Labute approximate surface area is 114 Å². The summed E-state index contributed by atoms with van der Waals surface area (Å²) in [5, 5.41) is 0. The molecule has 18 heavy (non-hydrogen) atoms. The standard InChI is InChI=1S/C14H20N2OS/c1-17-12-6-4-5-11(9-12)10-16-8-3-2-7-13(16)14(15)18/h4-6,9,13H,2-3,7-8,10H2,1H3,(H2,15,18). The van der Waals surface area contributed by atoms with Crippen LogP contribution < -0.4 is 10.5 Å². The second-order valence-corrected chi connectivity index (χ2v) is 5.21. The normalized spacial score (nSPS) is 20.6. The predicted molar refractivity (Wildman–Crippen MR) is 77.8 cm³/mol. The summed E-state index contributed by atoms with van der Waals surface area (Å²) in [7, 11) is 1.69. The molecule has 98 valence electrons. The average molecular weight is 264 g/mol. The summed E-state index contributed by atoms with van der Waals surface area (Å²) < 4.78 is 5.25. The van der Waals surface area contributed by atoms with Crippen molar-refractivity contribution in [3.8, 4) is 5.75 Å². The van der Waals surface area contributed by atoms with E-state index >= 15 is 0 Å². The molecule has 1 atom stereocenters. The average Bonchev–Trinajstić information content (AvgIpc) is 2.39. The lowest BCUT2D eigenvalue weighted by Crippen LogP contribution is -2.46. The molecule has 0 aromatic heterocycles. The van der Waals surface area contributed by atoms with Crippen molar-refractivity contribution < 1.29 is 4.74 Å². The van der Waals surface area contributed by atoms with E-state index in [1.807, 2.05) is 12.1 Å². The lowest BCUT2D eigenvalue weighted by atomic mass is 10.0. The highest BCUT2D eigenvalue weighted by atomic mass is 32.1. The SMILES string of the molecule is COc1cccc(CN2CCCCC2C(N)=S)c1. The fraction of sp³-hybridized carbons (Fsp3) is 0.500. The molecule has 1 aliphatic rings. The Balaban J connectivity index is 2.08. The minimum atomic E-state index is 0.250. The van der Waals surface area contributed by atoms with Gasteiger partial charge in [0.15, 0.2) is 0 Å². The fourth-order valence-electron chi connectivity index (χ4n) is 2.51. The molecule has 1 aliphatic heterocycles. The van der Waals surface area contributed by atoms with E-state index in [0.717, 1.165) is 25.3 Å². The minimum absolute atomic E-state index is 0.250. The van der Waals surface area contributed by atoms with Gasteiger partial charge in [-0.2, -0.15) is 0 Å². The first-order chi connectivity index (χ1) is 8.70. The molecule has 1 aromatic rings. The summed E-state index contributed by atoms with van der Waals surface area (Å²) in [6, 6.07) is 8.43. The van der Waals surface area contributed by atoms with Crippen molar-refractivity contribution in [2.24, 2.45) is 5.73 Å². The Bertz CT molecular complexity index is 422. The molecule has 2 rings (SSSR count). The summed E-state index contributed by atoms with van der Waals surface area (Å²) in [6.45, 7) is 1.96. The van der Waals surface area contributed by atoms with Crippen molar-refractivity contribution in [1.29, 1.82) is 0 Å². The van der Waals surface area contributed by atoms with Gasteiger partial charge in [-0.3, -0.25) is 4.90 Å². The Hall–Kier alpha value is -1.13. The number of hydrogen-bond donors (Lipinski definition) is 1. The number of rotatable bonds is 4. The molecule has 0 amide bonds. The molecule has 2 N–H and O–H groups in total. The number of thiocarbonyl (C=S) groups is 1. The van der Waals surface area contributed by atoms with Crippen LogP contribution in [0.15, 0.2) is 24.3 Å². The van der Waals surface area contributed by atoms with Gasteiger partial charge < -0.3 is 10.5 Å². The topological polar surface area (TPSA) is 38.5 Å². The van der Waals surface area contributed by atoms with Crippen LogP contribution in [0.2, 0.25) is 0 Å². The number of piperidine rings is 1. The third-order valence-electron chi connectivity index (χ3n) is 3.46. The van der Waals surface area contributed by atoms with Crippen LogP contribution in [0, 0.1) is 0 Å². The van der Waals surface area contributed by atoms with E-state index in [-0.39, 0.29) is 6.04 Å². The van der Waals surface area contributed by atoms with Gasteiger partial charge in [-0.05, 0) is 37.1 Å². The Morgan fingerprint density at radius 1 is 1.50 bits per heavy atom. The van der Waals surface area contributed by atoms with Gasteiger partial charge >= 0.3 is 0 Å². The zero-order valence-electron chi connectivity index (χ0n) is 10.8. The van der Waals surface area contributed by atoms with Crippen LogP contribution in [0.4, 0.5) is 0 Å². The minimum Gasteiger partial charge on any atom is -0.497 e. The van der Waals surface area contributed by atoms with Gasteiger partial charge in [0.25, 0.3) is 0 Å². The maximum atomic E-state index is 5.83. The molecule has 0 bridgehead atoms. The Morgan fingerprint density at radius 2 is 2.33 bits per heavy atom. The summed E-state index contributed by atoms with van der Waals surface area (Å²) in [5.41, 5.74) is 7.08. The Morgan fingerprint density at radius 3 is 3.06 bits per heavy atom. The Kier molecular flexibility index (Phi) is 4.55. The van der Waals surface area contributed by atoms with Crippen molar-refractivity contribution >= 4 is 17.2 Å². The second-order valence-electron chi connectivity index (χ2n) is 4.74. The van der Waals surface area contributed by atoms with Gasteiger partial charge in [0, 0.05) is 6.54 Å². The molecule has 0 spiro atoms. The van der Waals surface area contributed by atoms with Crippen LogP contribution in [0.5, 0.6) is 5.75 Å². The predicted octanol–water partition coefficient (Wildman–Crippen LogP) is 2.34. The lowest BCUT2D eigenvalue weighted by molar-refractivity contribution is 0.184. The van der Waals surface area contributed by atoms with Crippen molar-refractivity contribution in [3.63, 3.8) is 0 Å². The molecule has 1 unspecified atom stereocenters. The molecule has 0 radical (unpaired) electrons. The van der Waals surface area contributed by atoms with Crippen molar-refractivity contribution in [3.05, 3.63) is 29.8 Å². The van der Waals surface area contributed by atoms with Gasteiger partial charge in [-0.25, -0.2) is 0 Å². The number of nitrogens with zero attached hydrogens (tertiary/aromatic N) is 1. The molecule has 1 saturated heterocycles. The fourth-order valence-corrected chi connectivity index (χ4v) is 2.77. The van der Waals surface area contributed by atoms with Crippen molar-refractivity contribution in [2.45, 2.75) is 31.8 Å². The molecule has 1 heterocycles. The van der Waals surface area contributed by atoms with E-state index in [1.165, 1.54) is 18.4 Å². The van der Waals surface area contributed by atoms with Crippen LogP contribution in [-0.4, -0.2) is 29.6 Å². The first kappa shape index (κ1) is 13.3. The van der Waals surface area contributed by atoms with Gasteiger partial charge in [-0.15, -0.1) is 0 Å². The van der Waals surface area contributed by atoms with E-state index < -0.39 is 0 Å². The molecule has 0 aliphatic carbocycles. The van der Waals surface area contributed by atoms with Crippen LogP contribution in [0.1, 0.15) is 24.8 Å². The van der Waals surface area contributed by atoms with E-state index in [1.54, 1.807) is 7.11 Å². The van der Waals surface area contributed by atoms with Crippen LogP contribution in [0.3, 0.4) is 0 Å². The van der Waals surface area contributed by atoms with Crippen LogP contribution in [-0.2, 0) is 6.54 Å². The van der Waals surface area contributed by atoms with Gasteiger partial charge in [-0.1, -0.05) is 30.8 Å². The first-order valence-corrected chi connectivity index (χ1v) is 6.78. The summed E-state index contributed by atoms with van der Waals surface area (Å²) >= 11 is 5.17. The van der Waals surface area contributed by atoms with E-state index in [0.29, 0.717) is 4.99 Å². The van der Waals surface area contributed by atoms with Gasteiger partial charge in [0.05, 0.1) is 18.1 Å². The van der Waals surface area contributed by atoms with Crippen LogP contribution >= 0.6 is 12.2 Å². The maximum Gasteiger partial charge on any atom is 0.119 e. The highest BCUT2D eigenvalue weighted by Gasteiger charge is 2.24. The largest absolute Gasteiger partial charge is 0.497 e. The number of likely N-dealkylation sites (tertiary alicyclic amines) is 1. The van der Waals surface area contributed by atoms with Crippen molar-refractivity contribution in [2.75, 3.05) is 13.7 Å². The second kappa shape index (κ2) is 6.16. The third-order valence-corrected chi connectivity index (χ3v) is 3.73.